The molecule has 0 radical (unpaired) electrons. The Balaban J connectivity index is 2.10. The third-order valence-corrected chi connectivity index (χ3v) is 4.63. The monoisotopic (exact) mass is 303 g/mol. The van der Waals surface area contributed by atoms with E-state index in [1.807, 2.05) is 39.0 Å². The van der Waals surface area contributed by atoms with E-state index in [-0.39, 0.29) is 12.3 Å². The van der Waals surface area contributed by atoms with Crippen LogP contribution >= 0.6 is 0 Å². The van der Waals surface area contributed by atoms with Gasteiger partial charge in [-0.25, -0.2) is 4.79 Å². The number of benzene rings is 1. The lowest BCUT2D eigenvalue weighted by Crippen LogP contribution is -2.57. The van der Waals surface area contributed by atoms with Gasteiger partial charge in [0.1, 0.15) is 5.54 Å². The molecule has 22 heavy (non-hydrogen) atoms. The Kier molecular flexibility index (Phi) is 4.89. The number of nitrogens with one attached hydrogen (secondary N) is 1. The molecule has 0 aromatic heterocycles. The molecule has 0 saturated heterocycles. The molecule has 1 aliphatic rings. The molecule has 1 aliphatic carbocycles. The lowest BCUT2D eigenvalue weighted by molar-refractivity contribution is -0.150. The fourth-order valence-electron chi connectivity index (χ4n) is 3.44. The molecule has 0 spiro atoms. The van der Waals surface area contributed by atoms with Gasteiger partial charge < -0.3 is 10.4 Å². The maximum Gasteiger partial charge on any atom is 0.329 e. The Hall–Kier alpha value is -1.84. The van der Waals surface area contributed by atoms with Crippen molar-refractivity contribution in [3.63, 3.8) is 0 Å². The van der Waals surface area contributed by atoms with Gasteiger partial charge in [0.05, 0.1) is 6.42 Å². The van der Waals surface area contributed by atoms with E-state index in [0.29, 0.717) is 18.8 Å². The lowest BCUT2D eigenvalue weighted by Gasteiger charge is -2.37. The summed E-state index contributed by atoms with van der Waals surface area (Å²) in [6, 6.07) is 5.96. The molecule has 0 bridgehead atoms. The van der Waals surface area contributed by atoms with E-state index in [2.05, 4.69) is 5.32 Å². The molecule has 2 rings (SSSR count). The van der Waals surface area contributed by atoms with Gasteiger partial charge in [-0.05, 0) is 43.7 Å². The molecule has 1 saturated carbocycles. The van der Waals surface area contributed by atoms with Gasteiger partial charge in [0.2, 0.25) is 5.91 Å². The van der Waals surface area contributed by atoms with Crippen LogP contribution in [0, 0.1) is 19.8 Å². The van der Waals surface area contributed by atoms with Crippen LogP contribution in [0.3, 0.4) is 0 Å². The molecule has 120 valence electrons. The maximum absolute atomic E-state index is 12.4. The number of carbonyl (C=O) groups is 2. The van der Waals surface area contributed by atoms with Crippen LogP contribution in [-0.4, -0.2) is 22.5 Å². The van der Waals surface area contributed by atoms with Crippen molar-refractivity contribution in [3.05, 3.63) is 34.9 Å². The molecule has 2 N–H and O–H groups in total. The van der Waals surface area contributed by atoms with E-state index >= 15 is 0 Å². The van der Waals surface area contributed by atoms with Gasteiger partial charge in [-0.3, -0.25) is 4.79 Å². The number of hydrogen-bond acceptors (Lipinski definition) is 2. The molecule has 1 amide bonds. The summed E-state index contributed by atoms with van der Waals surface area (Å²) in [4.78, 5) is 24.1. The number of aliphatic carboxylic acids is 1. The average molecular weight is 303 g/mol. The van der Waals surface area contributed by atoms with Crippen LogP contribution in [0.4, 0.5) is 0 Å². The van der Waals surface area contributed by atoms with Crippen LogP contribution in [-0.2, 0) is 16.0 Å². The normalized spacial score (nSPS) is 24.8. The quantitative estimate of drug-likeness (QED) is 0.898. The molecule has 2 unspecified atom stereocenters. The van der Waals surface area contributed by atoms with Gasteiger partial charge in [-0.15, -0.1) is 0 Å². The second-order valence-corrected chi connectivity index (χ2v) is 6.74. The summed E-state index contributed by atoms with van der Waals surface area (Å²) in [6.07, 6.45) is 3.14. The SMILES string of the molecule is Cc1ccc(CC(=O)NC2(C(=O)O)CCCC(C)C2)c(C)c1. The minimum absolute atomic E-state index is 0.205. The minimum atomic E-state index is -1.09. The predicted molar refractivity (Wildman–Crippen MR) is 85.8 cm³/mol. The molecule has 1 aromatic carbocycles. The zero-order chi connectivity index (χ0) is 16.3. The molecular weight excluding hydrogens is 278 g/mol. The summed E-state index contributed by atoms with van der Waals surface area (Å²) in [6.45, 7) is 6.04. The van der Waals surface area contributed by atoms with E-state index in [9.17, 15) is 14.7 Å². The summed E-state index contributed by atoms with van der Waals surface area (Å²) in [5.74, 6) is -0.789. The molecule has 1 aromatic rings. The summed E-state index contributed by atoms with van der Waals surface area (Å²) >= 11 is 0. The number of hydrogen-bond donors (Lipinski definition) is 2. The molecule has 0 heterocycles. The molecule has 4 heteroatoms. The van der Waals surface area contributed by atoms with Gasteiger partial charge >= 0.3 is 5.97 Å². The molecule has 1 fully saturated rings. The second kappa shape index (κ2) is 6.51. The van der Waals surface area contributed by atoms with Crippen LogP contribution in [0.2, 0.25) is 0 Å². The van der Waals surface area contributed by atoms with Crippen LogP contribution in [0.15, 0.2) is 18.2 Å². The largest absolute Gasteiger partial charge is 0.480 e. The van der Waals surface area contributed by atoms with E-state index in [0.717, 1.165) is 29.5 Å². The number of rotatable bonds is 4. The van der Waals surface area contributed by atoms with Gasteiger partial charge in [0.15, 0.2) is 0 Å². The highest BCUT2D eigenvalue weighted by Crippen LogP contribution is 2.32. The van der Waals surface area contributed by atoms with E-state index < -0.39 is 11.5 Å². The van der Waals surface area contributed by atoms with E-state index in [1.165, 1.54) is 0 Å². The Morgan fingerprint density at radius 2 is 2.09 bits per heavy atom. The number of amides is 1. The van der Waals surface area contributed by atoms with Crippen molar-refractivity contribution in [2.75, 3.05) is 0 Å². The van der Waals surface area contributed by atoms with Crippen LogP contribution < -0.4 is 5.32 Å². The maximum atomic E-state index is 12.4. The first-order valence-electron chi connectivity index (χ1n) is 7.93. The van der Waals surface area contributed by atoms with Gasteiger partial charge in [-0.2, -0.15) is 0 Å². The Morgan fingerprint density at radius 1 is 1.36 bits per heavy atom. The van der Waals surface area contributed by atoms with Crippen LogP contribution in [0.1, 0.15) is 49.3 Å². The van der Waals surface area contributed by atoms with Crippen molar-refractivity contribution in [1.29, 1.82) is 0 Å². The zero-order valence-corrected chi connectivity index (χ0v) is 13.6. The third kappa shape index (κ3) is 3.67. The lowest BCUT2D eigenvalue weighted by atomic mass is 9.76. The second-order valence-electron chi connectivity index (χ2n) is 6.74. The van der Waals surface area contributed by atoms with Crippen molar-refractivity contribution < 1.29 is 14.7 Å². The molecular formula is C18H25NO3. The van der Waals surface area contributed by atoms with Crippen LogP contribution in [0.5, 0.6) is 0 Å². The van der Waals surface area contributed by atoms with Gasteiger partial charge in [0, 0.05) is 0 Å². The highest BCUT2D eigenvalue weighted by molar-refractivity contribution is 5.88. The highest BCUT2D eigenvalue weighted by Gasteiger charge is 2.43. The summed E-state index contributed by atoms with van der Waals surface area (Å²) in [5, 5.41) is 12.4. The van der Waals surface area contributed by atoms with Gasteiger partial charge in [-0.1, -0.05) is 43.5 Å². The standard InChI is InChI=1S/C18H25NO3/c1-12-6-7-15(14(3)9-12)10-16(20)19-18(17(21)22)8-4-5-13(2)11-18/h6-7,9,13H,4-5,8,10-11H2,1-3H3,(H,19,20)(H,21,22). The summed E-state index contributed by atoms with van der Waals surface area (Å²) < 4.78 is 0. The topological polar surface area (TPSA) is 66.4 Å². The van der Waals surface area contributed by atoms with Crippen LogP contribution in [0.25, 0.3) is 0 Å². The Morgan fingerprint density at radius 3 is 2.68 bits per heavy atom. The number of carbonyl (C=O) groups excluding carboxylic acids is 1. The van der Waals surface area contributed by atoms with Crippen molar-refractivity contribution in [1.82, 2.24) is 5.32 Å². The highest BCUT2D eigenvalue weighted by atomic mass is 16.4. The molecule has 4 nitrogen and oxygen atoms in total. The first-order chi connectivity index (χ1) is 10.3. The van der Waals surface area contributed by atoms with E-state index in [4.69, 9.17) is 0 Å². The fourth-order valence-corrected chi connectivity index (χ4v) is 3.44. The van der Waals surface area contributed by atoms with Crippen molar-refractivity contribution in [2.24, 2.45) is 5.92 Å². The molecule has 2 atom stereocenters. The van der Waals surface area contributed by atoms with Crippen molar-refractivity contribution in [3.8, 4) is 0 Å². The zero-order valence-electron chi connectivity index (χ0n) is 13.6. The average Bonchev–Trinajstić information content (AvgIpc) is 2.41. The minimum Gasteiger partial charge on any atom is -0.480 e. The smallest absolute Gasteiger partial charge is 0.329 e. The summed E-state index contributed by atoms with van der Waals surface area (Å²) in [7, 11) is 0. The summed E-state index contributed by atoms with van der Waals surface area (Å²) in [5.41, 5.74) is 2.08. The first-order valence-corrected chi connectivity index (χ1v) is 7.93. The number of carboxylic acids is 1. The Bertz CT molecular complexity index is 582. The predicted octanol–water partition coefficient (Wildman–Crippen LogP) is 3.00. The number of aryl methyl sites for hydroxylation is 2. The van der Waals surface area contributed by atoms with E-state index in [1.54, 1.807) is 0 Å². The van der Waals surface area contributed by atoms with Crippen molar-refractivity contribution >= 4 is 11.9 Å². The van der Waals surface area contributed by atoms with Crippen molar-refractivity contribution in [2.45, 2.75) is 58.4 Å². The fraction of sp³-hybridized carbons (Fsp3) is 0.556. The number of carboxylic acid groups (broad SMARTS) is 1. The molecule has 0 aliphatic heterocycles. The van der Waals surface area contributed by atoms with Gasteiger partial charge in [0.25, 0.3) is 0 Å². The third-order valence-electron chi connectivity index (χ3n) is 4.63. The first kappa shape index (κ1) is 16.5. The Labute approximate surface area is 131 Å².